The van der Waals surface area contributed by atoms with Gasteiger partial charge in [0.05, 0.1) is 16.9 Å². The summed E-state index contributed by atoms with van der Waals surface area (Å²) in [6, 6.07) is 6.38. The van der Waals surface area contributed by atoms with E-state index in [9.17, 15) is 0 Å². The van der Waals surface area contributed by atoms with E-state index in [0.29, 0.717) is 11.8 Å². The van der Waals surface area contributed by atoms with Crippen LogP contribution in [0.25, 0.3) is 11.0 Å². The van der Waals surface area contributed by atoms with Crippen LogP contribution in [0.1, 0.15) is 18.3 Å². The first kappa shape index (κ1) is 13.8. The molecule has 98 valence electrons. The highest BCUT2D eigenvalue weighted by Crippen LogP contribution is 2.21. The summed E-state index contributed by atoms with van der Waals surface area (Å²) in [5, 5.41) is 0. The molecule has 0 saturated heterocycles. The summed E-state index contributed by atoms with van der Waals surface area (Å²) in [7, 11) is 0. The topological polar surface area (TPSA) is 17.8 Å². The number of hydrogen-bond donors (Lipinski definition) is 0. The summed E-state index contributed by atoms with van der Waals surface area (Å²) < 4.78 is 2.27. The highest BCUT2D eigenvalue weighted by Gasteiger charge is 2.12. The summed E-state index contributed by atoms with van der Waals surface area (Å²) in [6.07, 6.45) is 2.15. The van der Waals surface area contributed by atoms with Crippen molar-refractivity contribution in [2.45, 2.75) is 26.3 Å². The third kappa shape index (κ3) is 2.83. The number of aromatic nitrogens is 2. The predicted octanol–water partition coefficient (Wildman–Crippen LogP) is 4.08. The minimum Gasteiger partial charge on any atom is -0.327 e. The maximum atomic E-state index is 6.02. The van der Waals surface area contributed by atoms with Crippen LogP contribution in [0.15, 0.2) is 18.2 Å². The fourth-order valence-electron chi connectivity index (χ4n) is 2.24. The van der Waals surface area contributed by atoms with Crippen molar-refractivity contribution in [2.75, 3.05) is 12.0 Å². The first-order chi connectivity index (χ1) is 8.65. The number of alkyl halides is 1. The first-order valence-corrected chi connectivity index (χ1v) is 8.09. The Balaban J connectivity index is 2.42. The summed E-state index contributed by atoms with van der Waals surface area (Å²) >= 11 is 7.90. The van der Waals surface area contributed by atoms with E-state index in [1.165, 1.54) is 11.1 Å². The van der Waals surface area contributed by atoms with Gasteiger partial charge in [-0.05, 0) is 42.5 Å². The number of nitrogens with zero attached hydrogens (tertiary/aromatic N) is 2. The molecule has 1 atom stereocenters. The quantitative estimate of drug-likeness (QED) is 0.769. The van der Waals surface area contributed by atoms with E-state index in [-0.39, 0.29) is 0 Å². The molecule has 1 heterocycles. The fourth-order valence-corrected chi connectivity index (χ4v) is 3.12. The molecule has 0 amide bonds. The summed E-state index contributed by atoms with van der Waals surface area (Å²) in [6.45, 7) is 5.38. The summed E-state index contributed by atoms with van der Waals surface area (Å²) in [4.78, 5) is 4.61. The smallest absolute Gasteiger partial charge is 0.124 e. The van der Waals surface area contributed by atoms with Gasteiger partial charge in [-0.2, -0.15) is 11.8 Å². The largest absolute Gasteiger partial charge is 0.327 e. The van der Waals surface area contributed by atoms with Crippen molar-refractivity contribution < 1.29 is 0 Å². The Kier molecular flexibility index (Phi) is 4.57. The Bertz CT molecular complexity index is 536. The molecule has 1 unspecified atom stereocenters. The Morgan fingerprint density at radius 1 is 1.44 bits per heavy atom. The third-order valence-corrected chi connectivity index (χ3v) is 4.19. The molecule has 0 radical (unpaired) electrons. The van der Waals surface area contributed by atoms with Gasteiger partial charge in [0, 0.05) is 6.54 Å². The van der Waals surface area contributed by atoms with Crippen molar-refractivity contribution in [2.24, 2.45) is 5.92 Å². The van der Waals surface area contributed by atoms with Crippen LogP contribution in [0.5, 0.6) is 0 Å². The molecule has 0 spiro atoms. The van der Waals surface area contributed by atoms with E-state index in [1.54, 1.807) is 0 Å². The number of imidazole rings is 1. The second-order valence-corrected chi connectivity index (χ2v) is 6.00. The molecule has 4 heteroatoms. The van der Waals surface area contributed by atoms with Crippen molar-refractivity contribution in [1.82, 2.24) is 9.55 Å². The molecule has 0 aliphatic carbocycles. The van der Waals surface area contributed by atoms with Gasteiger partial charge in [-0.3, -0.25) is 0 Å². The van der Waals surface area contributed by atoms with E-state index in [4.69, 9.17) is 11.6 Å². The van der Waals surface area contributed by atoms with Gasteiger partial charge in [-0.1, -0.05) is 13.0 Å². The Morgan fingerprint density at radius 3 is 2.89 bits per heavy atom. The molecule has 2 nitrogen and oxygen atoms in total. The molecule has 0 aliphatic rings. The van der Waals surface area contributed by atoms with Crippen molar-refractivity contribution >= 4 is 34.4 Å². The minimum absolute atomic E-state index is 0.472. The van der Waals surface area contributed by atoms with Crippen LogP contribution in [-0.2, 0) is 12.4 Å². The predicted molar refractivity (Wildman–Crippen MR) is 81.6 cm³/mol. The second kappa shape index (κ2) is 5.98. The molecule has 0 bridgehead atoms. The minimum atomic E-state index is 0.472. The average Bonchev–Trinajstić information content (AvgIpc) is 2.67. The standard InChI is InChI=1S/C14H19ClN2S/c1-10-4-5-12-13(6-10)17(14(7-15)16-12)8-11(2)9-18-3/h4-6,11H,7-9H2,1-3H3. The van der Waals surface area contributed by atoms with E-state index in [0.717, 1.165) is 23.6 Å². The average molecular weight is 283 g/mol. The van der Waals surface area contributed by atoms with Gasteiger partial charge in [0.15, 0.2) is 0 Å². The van der Waals surface area contributed by atoms with Gasteiger partial charge >= 0.3 is 0 Å². The lowest BCUT2D eigenvalue weighted by Crippen LogP contribution is -2.12. The molecule has 2 aromatic rings. The monoisotopic (exact) mass is 282 g/mol. The number of fused-ring (bicyclic) bond motifs is 1. The van der Waals surface area contributed by atoms with Gasteiger partial charge in [0.1, 0.15) is 5.82 Å². The maximum absolute atomic E-state index is 6.02. The van der Waals surface area contributed by atoms with E-state index < -0.39 is 0 Å². The zero-order valence-electron chi connectivity index (χ0n) is 11.1. The second-order valence-electron chi connectivity index (χ2n) is 4.82. The van der Waals surface area contributed by atoms with Crippen LogP contribution in [0.4, 0.5) is 0 Å². The molecular weight excluding hydrogens is 264 g/mol. The Hall–Kier alpha value is -0.670. The highest BCUT2D eigenvalue weighted by atomic mass is 35.5. The van der Waals surface area contributed by atoms with Gasteiger partial charge in [-0.25, -0.2) is 4.98 Å². The zero-order chi connectivity index (χ0) is 13.1. The van der Waals surface area contributed by atoms with Gasteiger partial charge in [-0.15, -0.1) is 11.6 Å². The third-order valence-electron chi connectivity index (χ3n) is 3.05. The number of thioether (sulfide) groups is 1. The van der Waals surface area contributed by atoms with Crippen LogP contribution in [-0.4, -0.2) is 21.6 Å². The molecule has 0 saturated carbocycles. The summed E-state index contributed by atoms with van der Waals surface area (Å²) in [5.41, 5.74) is 3.52. The van der Waals surface area contributed by atoms with Gasteiger partial charge < -0.3 is 4.57 Å². The van der Waals surface area contributed by atoms with Crippen LogP contribution in [0.3, 0.4) is 0 Å². The van der Waals surface area contributed by atoms with Crippen molar-refractivity contribution in [3.05, 3.63) is 29.6 Å². The Morgan fingerprint density at radius 2 is 2.22 bits per heavy atom. The molecular formula is C14H19ClN2S. The molecule has 2 rings (SSSR count). The van der Waals surface area contributed by atoms with E-state index >= 15 is 0 Å². The highest BCUT2D eigenvalue weighted by molar-refractivity contribution is 7.98. The first-order valence-electron chi connectivity index (χ1n) is 6.16. The normalized spacial score (nSPS) is 13.1. The number of halogens is 1. The molecule has 1 aromatic heterocycles. The zero-order valence-corrected chi connectivity index (χ0v) is 12.7. The lowest BCUT2D eigenvalue weighted by molar-refractivity contribution is 0.530. The van der Waals surface area contributed by atoms with Gasteiger partial charge in [0.25, 0.3) is 0 Å². The number of benzene rings is 1. The van der Waals surface area contributed by atoms with Crippen LogP contribution in [0, 0.1) is 12.8 Å². The van der Waals surface area contributed by atoms with Crippen LogP contribution in [0.2, 0.25) is 0 Å². The lowest BCUT2D eigenvalue weighted by Gasteiger charge is -2.13. The van der Waals surface area contributed by atoms with Crippen molar-refractivity contribution in [3.8, 4) is 0 Å². The number of rotatable bonds is 5. The molecule has 1 aromatic carbocycles. The molecule has 18 heavy (non-hydrogen) atoms. The lowest BCUT2D eigenvalue weighted by atomic mass is 10.2. The molecule has 0 fully saturated rings. The van der Waals surface area contributed by atoms with E-state index in [1.807, 2.05) is 11.8 Å². The van der Waals surface area contributed by atoms with Crippen molar-refractivity contribution in [1.29, 1.82) is 0 Å². The number of hydrogen-bond acceptors (Lipinski definition) is 2. The fraction of sp³-hybridized carbons (Fsp3) is 0.500. The Labute approximate surface area is 118 Å². The van der Waals surface area contributed by atoms with Crippen molar-refractivity contribution in [3.63, 3.8) is 0 Å². The maximum Gasteiger partial charge on any atom is 0.124 e. The van der Waals surface area contributed by atoms with Crippen LogP contribution < -0.4 is 0 Å². The summed E-state index contributed by atoms with van der Waals surface area (Å²) in [5.74, 6) is 3.23. The molecule has 0 aliphatic heterocycles. The van der Waals surface area contributed by atoms with Gasteiger partial charge in [0.2, 0.25) is 0 Å². The SMILES string of the molecule is CSCC(C)Cn1c(CCl)nc2ccc(C)cc21. The molecule has 0 N–H and O–H groups in total. The van der Waals surface area contributed by atoms with Crippen LogP contribution >= 0.6 is 23.4 Å². The van der Waals surface area contributed by atoms with E-state index in [2.05, 4.69) is 47.9 Å². The number of aryl methyl sites for hydroxylation is 1.